The van der Waals surface area contributed by atoms with Gasteiger partial charge in [0.05, 0.1) is 13.7 Å². The van der Waals surface area contributed by atoms with Crippen molar-refractivity contribution in [1.29, 1.82) is 0 Å². The normalized spacial score (nSPS) is 15.7. The molecule has 1 aliphatic carbocycles. The average molecular weight is 324 g/mol. The molecule has 122 valence electrons. The first-order valence-electron chi connectivity index (χ1n) is 8.19. The van der Waals surface area contributed by atoms with Gasteiger partial charge in [-0.15, -0.1) is 0 Å². The molecule has 3 nitrogen and oxygen atoms in total. The van der Waals surface area contributed by atoms with Gasteiger partial charge in [-0.3, -0.25) is 0 Å². The molecule has 0 spiro atoms. The number of ether oxygens (including phenoxy) is 1. The molecular formula is C18H26ClNO2. The summed E-state index contributed by atoms with van der Waals surface area (Å²) in [4.78, 5) is 0. The van der Waals surface area contributed by atoms with Gasteiger partial charge in [-0.1, -0.05) is 32.1 Å². The molecule has 2 aromatic rings. The lowest BCUT2D eigenvalue weighted by molar-refractivity contribution is -0.366. The first kappa shape index (κ1) is 17.2. The van der Waals surface area contributed by atoms with Gasteiger partial charge < -0.3 is 27.3 Å². The van der Waals surface area contributed by atoms with Crippen molar-refractivity contribution in [2.24, 2.45) is 5.92 Å². The zero-order chi connectivity index (χ0) is 14.7. The summed E-state index contributed by atoms with van der Waals surface area (Å²) >= 11 is 0. The quantitative estimate of drug-likeness (QED) is 0.863. The van der Waals surface area contributed by atoms with E-state index in [0.29, 0.717) is 0 Å². The van der Waals surface area contributed by atoms with Crippen LogP contribution in [0.1, 0.15) is 43.4 Å². The fourth-order valence-corrected chi connectivity index (χ4v) is 3.57. The van der Waals surface area contributed by atoms with Crippen molar-refractivity contribution in [3.63, 3.8) is 0 Å². The number of benzene rings is 1. The van der Waals surface area contributed by atoms with E-state index in [1.54, 1.807) is 7.11 Å². The Balaban J connectivity index is 0.00000176. The van der Waals surface area contributed by atoms with Crippen LogP contribution in [0.25, 0.3) is 11.0 Å². The minimum absolute atomic E-state index is 0. The molecule has 3 N–H and O–H groups in total. The lowest BCUT2D eigenvalue weighted by Crippen LogP contribution is -3.00. The van der Waals surface area contributed by atoms with Crippen molar-refractivity contribution in [3.8, 4) is 5.75 Å². The van der Waals surface area contributed by atoms with Gasteiger partial charge in [0, 0.05) is 23.8 Å². The van der Waals surface area contributed by atoms with E-state index in [1.165, 1.54) is 48.8 Å². The van der Waals surface area contributed by atoms with Crippen LogP contribution < -0.4 is 22.9 Å². The number of halogens is 1. The van der Waals surface area contributed by atoms with Crippen LogP contribution in [-0.4, -0.2) is 13.7 Å². The second kappa shape index (κ2) is 7.89. The fraction of sp³-hybridized carbons (Fsp3) is 0.556. The van der Waals surface area contributed by atoms with E-state index in [9.17, 15) is 0 Å². The van der Waals surface area contributed by atoms with Crippen LogP contribution in [0.15, 0.2) is 22.6 Å². The van der Waals surface area contributed by atoms with E-state index in [0.717, 1.165) is 36.6 Å². The van der Waals surface area contributed by atoms with Gasteiger partial charge in [0.15, 0.2) is 0 Å². The van der Waals surface area contributed by atoms with E-state index in [1.807, 2.05) is 12.1 Å². The lowest BCUT2D eigenvalue weighted by atomic mass is 9.85. The number of quaternary nitrogens is 1. The molecule has 0 atom stereocenters. The molecule has 3 rings (SSSR count). The maximum atomic E-state index is 6.17. The van der Waals surface area contributed by atoms with Crippen molar-refractivity contribution in [3.05, 3.63) is 29.5 Å². The number of hydrogen-bond acceptors (Lipinski definition) is 2. The van der Waals surface area contributed by atoms with Gasteiger partial charge in [-0.05, 0) is 24.1 Å². The Morgan fingerprint density at radius 2 is 2.00 bits per heavy atom. The fourth-order valence-electron chi connectivity index (χ4n) is 3.57. The summed E-state index contributed by atoms with van der Waals surface area (Å²) in [5, 5.41) is 1.21. The van der Waals surface area contributed by atoms with Gasteiger partial charge >= 0.3 is 0 Å². The van der Waals surface area contributed by atoms with Crippen LogP contribution in [-0.2, 0) is 12.8 Å². The molecule has 0 radical (unpaired) electrons. The van der Waals surface area contributed by atoms with Gasteiger partial charge in [0.1, 0.15) is 17.1 Å². The Morgan fingerprint density at radius 1 is 1.23 bits per heavy atom. The monoisotopic (exact) mass is 323 g/mol. The molecule has 22 heavy (non-hydrogen) atoms. The summed E-state index contributed by atoms with van der Waals surface area (Å²) in [5.74, 6) is 2.89. The highest BCUT2D eigenvalue weighted by atomic mass is 35.5. The van der Waals surface area contributed by atoms with Crippen molar-refractivity contribution >= 4 is 11.0 Å². The largest absolute Gasteiger partial charge is 1.00 e. The summed E-state index contributed by atoms with van der Waals surface area (Å²) in [6.45, 7) is 0.906. The second-order valence-corrected chi connectivity index (χ2v) is 6.18. The highest BCUT2D eigenvalue weighted by molar-refractivity contribution is 5.83. The molecule has 0 aliphatic heterocycles. The summed E-state index contributed by atoms with van der Waals surface area (Å²) in [5.41, 5.74) is 6.37. The third kappa shape index (κ3) is 3.58. The second-order valence-electron chi connectivity index (χ2n) is 6.18. The number of fused-ring (bicyclic) bond motifs is 1. The number of rotatable bonds is 5. The van der Waals surface area contributed by atoms with E-state index >= 15 is 0 Å². The Kier molecular flexibility index (Phi) is 6.16. The molecule has 0 amide bonds. The summed E-state index contributed by atoms with van der Waals surface area (Å²) in [6, 6.07) is 6.11. The summed E-state index contributed by atoms with van der Waals surface area (Å²) in [6.07, 6.45) is 8.94. The maximum absolute atomic E-state index is 6.17. The lowest BCUT2D eigenvalue weighted by Gasteiger charge is -2.20. The minimum atomic E-state index is 0. The van der Waals surface area contributed by atoms with Crippen LogP contribution in [0.5, 0.6) is 5.75 Å². The molecule has 0 unspecified atom stereocenters. The van der Waals surface area contributed by atoms with Crippen LogP contribution in [0.2, 0.25) is 0 Å². The van der Waals surface area contributed by atoms with Crippen molar-refractivity contribution < 1.29 is 27.3 Å². The molecule has 0 saturated heterocycles. The maximum Gasteiger partial charge on any atom is 0.134 e. The highest BCUT2D eigenvalue weighted by Gasteiger charge is 2.20. The SMILES string of the molecule is COc1ccc2oc(CC3CCCCC3)c(CC[NH3+])c2c1.[Cl-]. The third-order valence-electron chi connectivity index (χ3n) is 4.71. The molecular weight excluding hydrogens is 298 g/mol. The Morgan fingerprint density at radius 3 is 2.68 bits per heavy atom. The number of hydrogen-bond donors (Lipinski definition) is 1. The van der Waals surface area contributed by atoms with Gasteiger partial charge in [-0.25, -0.2) is 0 Å². The molecule has 4 heteroatoms. The van der Waals surface area contributed by atoms with Gasteiger partial charge in [-0.2, -0.15) is 0 Å². The van der Waals surface area contributed by atoms with Crippen molar-refractivity contribution in [1.82, 2.24) is 0 Å². The smallest absolute Gasteiger partial charge is 0.134 e. The third-order valence-corrected chi connectivity index (χ3v) is 4.71. The number of methoxy groups -OCH3 is 1. The average Bonchev–Trinajstić information content (AvgIpc) is 2.85. The van der Waals surface area contributed by atoms with Gasteiger partial charge in [0.25, 0.3) is 0 Å². The standard InChI is InChI=1S/C18H25NO2.ClH/c1-20-14-7-8-17-16(12-14)15(9-10-19)18(21-17)11-13-5-3-2-4-6-13;/h7-8,12-13H,2-6,9-11,19H2,1H3;1H. The molecule has 1 heterocycles. The van der Waals surface area contributed by atoms with Crippen LogP contribution in [0.3, 0.4) is 0 Å². The van der Waals surface area contributed by atoms with E-state index in [2.05, 4.69) is 11.8 Å². The predicted octanol–water partition coefficient (Wildman–Crippen LogP) is 0.353. The molecule has 1 fully saturated rings. The zero-order valence-corrected chi connectivity index (χ0v) is 14.1. The zero-order valence-electron chi connectivity index (χ0n) is 13.4. The topological polar surface area (TPSA) is 50.0 Å². The number of furan rings is 1. The van der Waals surface area contributed by atoms with Gasteiger partial charge in [0.2, 0.25) is 0 Å². The molecule has 1 aromatic carbocycles. The molecule has 0 bridgehead atoms. The van der Waals surface area contributed by atoms with Crippen molar-refractivity contribution in [2.45, 2.75) is 44.9 Å². The molecule has 1 aliphatic rings. The van der Waals surface area contributed by atoms with E-state index in [-0.39, 0.29) is 12.4 Å². The first-order valence-corrected chi connectivity index (χ1v) is 8.19. The Labute approximate surface area is 138 Å². The van der Waals surface area contributed by atoms with E-state index < -0.39 is 0 Å². The summed E-state index contributed by atoms with van der Waals surface area (Å²) in [7, 11) is 1.71. The predicted molar refractivity (Wildman–Crippen MR) is 84.5 cm³/mol. The minimum Gasteiger partial charge on any atom is -1.00 e. The van der Waals surface area contributed by atoms with Crippen LogP contribution in [0, 0.1) is 5.92 Å². The van der Waals surface area contributed by atoms with Crippen molar-refractivity contribution in [2.75, 3.05) is 13.7 Å². The molecule has 1 saturated carbocycles. The Bertz CT molecular complexity index is 602. The highest BCUT2D eigenvalue weighted by Crippen LogP contribution is 2.34. The molecule has 1 aromatic heterocycles. The first-order chi connectivity index (χ1) is 10.3. The van der Waals surface area contributed by atoms with Crippen LogP contribution in [0.4, 0.5) is 0 Å². The van der Waals surface area contributed by atoms with Crippen LogP contribution >= 0.6 is 0 Å². The van der Waals surface area contributed by atoms with E-state index in [4.69, 9.17) is 9.15 Å². The summed E-state index contributed by atoms with van der Waals surface area (Å²) < 4.78 is 11.5. The Hall–Kier alpha value is -1.19.